The zero-order chi connectivity index (χ0) is 17.9. The third kappa shape index (κ3) is 3.73. The van der Waals surface area contributed by atoms with Crippen LogP contribution in [0.4, 0.5) is 5.69 Å². The van der Waals surface area contributed by atoms with Crippen LogP contribution in [-0.2, 0) is 16.6 Å². The fourth-order valence-corrected chi connectivity index (χ4v) is 2.58. The molecule has 1 aromatic heterocycles. The summed E-state index contributed by atoms with van der Waals surface area (Å²) in [7, 11) is 1.73. The molecule has 2 rings (SSSR count). The van der Waals surface area contributed by atoms with Crippen LogP contribution in [0.1, 0.15) is 25.5 Å². The van der Waals surface area contributed by atoms with Gasteiger partial charge in [0, 0.05) is 19.4 Å². The summed E-state index contributed by atoms with van der Waals surface area (Å²) in [5.41, 5.74) is 1.18. The van der Waals surface area contributed by atoms with Crippen molar-refractivity contribution in [3.05, 3.63) is 46.4 Å². The van der Waals surface area contributed by atoms with Crippen molar-refractivity contribution in [1.82, 2.24) is 9.36 Å². The Morgan fingerprint density at radius 3 is 2.42 bits per heavy atom. The quantitative estimate of drug-likeness (QED) is 0.838. The fraction of sp³-hybridized carbons (Fsp3) is 0.353. The third-order valence-electron chi connectivity index (χ3n) is 3.87. The standard InChI is InChI=1S/C17H21N3O4/c1-11(10-15(22)23)9-14(21)18-16-12(2)19(3)20(17(16)24)13-7-5-4-6-8-13/h4-8,11H,9-10H2,1-3H3,(H,18,21)(H,22,23)/p-1/t11-/m0/s1. The number of para-hydroxylation sites is 1. The molecule has 1 heterocycles. The van der Waals surface area contributed by atoms with Gasteiger partial charge in [-0.1, -0.05) is 25.1 Å². The highest BCUT2D eigenvalue weighted by Crippen LogP contribution is 2.15. The van der Waals surface area contributed by atoms with Crippen LogP contribution >= 0.6 is 0 Å². The van der Waals surface area contributed by atoms with Crippen molar-refractivity contribution in [2.75, 3.05) is 5.32 Å². The molecular weight excluding hydrogens is 310 g/mol. The number of hydrogen-bond acceptors (Lipinski definition) is 4. The molecule has 0 bridgehead atoms. The van der Waals surface area contributed by atoms with Crippen molar-refractivity contribution < 1.29 is 14.7 Å². The first-order valence-corrected chi connectivity index (χ1v) is 7.65. The summed E-state index contributed by atoms with van der Waals surface area (Å²) >= 11 is 0. The van der Waals surface area contributed by atoms with Gasteiger partial charge in [0.05, 0.1) is 11.4 Å². The van der Waals surface area contributed by atoms with Gasteiger partial charge in [-0.05, 0) is 31.4 Å². The van der Waals surface area contributed by atoms with Gasteiger partial charge >= 0.3 is 0 Å². The molecule has 0 unspecified atom stereocenters. The molecule has 0 aliphatic heterocycles. The Labute approximate surface area is 139 Å². The first-order chi connectivity index (χ1) is 11.3. The summed E-state index contributed by atoms with van der Waals surface area (Å²) in [5.74, 6) is -1.96. The minimum Gasteiger partial charge on any atom is -0.550 e. The van der Waals surface area contributed by atoms with Gasteiger partial charge in [-0.3, -0.25) is 14.3 Å². The van der Waals surface area contributed by atoms with Crippen LogP contribution in [0.25, 0.3) is 5.69 Å². The van der Waals surface area contributed by atoms with E-state index in [-0.39, 0.29) is 30.0 Å². The summed E-state index contributed by atoms with van der Waals surface area (Å²) in [6, 6.07) is 9.10. The number of nitrogens with zero attached hydrogens (tertiary/aromatic N) is 2. The van der Waals surface area contributed by atoms with Crippen molar-refractivity contribution in [3.63, 3.8) is 0 Å². The summed E-state index contributed by atoms with van der Waals surface area (Å²) < 4.78 is 3.13. The number of aromatic nitrogens is 2. The highest BCUT2D eigenvalue weighted by molar-refractivity contribution is 5.91. The number of benzene rings is 1. The Morgan fingerprint density at radius 1 is 1.21 bits per heavy atom. The highest BCUT2D eigenvalue weighted by Gasteiger charge is 2.19. The number of carbonyl (C=O) groups is 2. The van der Waals surface area contributed by atoms with E-state index in [1.807, 2.05) is 18.2 Å². The molecule has 0 radical (unpaired) electrons. The highest BCUT2D eigenvalue weighted by atomic mass is 16.4. The average Bonchev–Trinajstić information content (AvgIpc) is 2.71. The maximum absolute atomic E-state index is 12.6. The Balaban J connectivity index is 2.25. The smallest absolute Gasteiger partial charge is 0.295 e. The predicted octanol–water partition coefficient (Wildman–Crippen LogP) is 0.589. The third-order valence-corrected chi connectivity index (χ3v) is 3.87. The molecule has 0 spiro atoms. The summed E-state index contributed by atoms with van der Waals surface area (Å²) in [6.07, 6.45) is -0.192. The molecule has 7 nitrogen and oxygen atoms in total. The van der Waals surface area contributed by atoms with Gasteiger partial charge in [-0.2, -0.15) is 0 Å². The van der Waals surface area contributed by atoms with Gasteiger partial charge < -0.3 is 15.2 Å². The molecule has 128 valence electrons. The lowest BCUT2D eigenvalue weighted by Crippen LogP contribution is -2.27. The van der Waals surface area contributed by atoms with Crippen LogP contribution < -0.4 is 16.0 Å². The van der Waals surface area contributed by atoms with E-state index in [4.69, 9.17) is 0 Å². The molecule has 2 aromatic rings. The molecule has 0 aliphatic carbocycles. The van der Waals surface area contributed by atoms with E-state index in [1.54, 1.807) is 37.7 Å². The number of carboxylic acid groups (broad SMARTS) is 1. The molecule has 1 aromatic carbocycles. The summed E-state index contributed by atoms with van der Waals surface area (Å²) in [6.45, 7) is 3.39. The monoisotopic (exact) mass is 330 g/mol. The lowest BCUT2D eigenvalue weighted by atomic mass is 10.0. The van der Waals surface area contributed by atoms with E-state index in [2.05, 4.69) is 5.32 Å². The van der Waals surface area contributed by atoms with E-state index >= 15 is 0 Å². The van der Waals surface area contributed by atoms with Crippen LogP contribution in [0.3, 0.4) is 0 Å². The number of nitrogens with one attached hydrogen (secondary N) is 1. The van der Waals surface area contributed by atoms with Gasteiger partial charge in [0.1, 0.15) is 5.69 Å². The van der Waals surface area contributed by atoms with Crippen LogP contribution in [0.15, 0.2) is 35.1 Å². The average molecular weight is 330 g/mol. The summed E-state index contributed by atoms with van der Waals surface area (Å²) in [4.78, 5) is 35.3. The number of aliphatic carboxylic acids is 1. The van der Waals surface area contributed by atoms with Crippen molar-refractivity contribution >= 4 is 17.6 Å². The second-order valence-corrected chi connectivity index (χ2v) is 5.87. The Morgan fingerprint density at radius 2 is 1.83 bits per heavy atom. The molecule has 1 atom stereocenters. The van der Waals surface area contributed by atoms with Gasteiger partial charge in [0.25, 0.3) is 5.56 Å². The van der Waals surface area contributed by atoms with Crippen molar-refractivity contribution in [1.29, 1.82) is 0 Å². The zero-order valence-corrected chi connectivity index (χ0v) is 13.9. The molecule has 0 fully saturated rings. The second kappa shape index (κ2) is 7.16. The predicted molar refractivity (Wildman–Crippen MR) is 87.8 cm³/mol. The van der Waals surface area contributed by atoms with E-state index in [0.717, 1.165) is 0 Å². The largest absolute Gasteiger partial charge is 0.550 e. The Kier molecular flexibility index (Phi) is 5.23. The second-order valence-electron chi connectivity index (χ2n) is 5.87. The van der Waals surface area contributed by atoms with Gasteiger partial charge in [-0.15, -0.1) is 0 Å². The van der Waals surface area contributed by atoms with Crippen LogP contribution in [0.5, 0.6) is 0 Å². The summed E-state index contributed by atoms with van der Waals surface area (Å²) in [5, 5.41) is 13.2. The molecule has 0 saturated carbocycles. The van der Waals surface area contributed by atoms with E-state index in [0.29, 0.717) is 11.4 Å². The van der Waals surface area contributed by atoms with Crippen LogP contribution in [0.2, 0.25) is 0 Å². The van der Waals surface area contributed by atoms with Crippen LogP contribution in [0, 0.1) is 12.8 Å². The minimum absolute atomic E-state index is 0.00703. The molecule has 24 heavy (non-hydrogen) atoms. The molecule has 1 amide bonds. The number of carbonyl (C=O) groups excluding carboxylic acids is 2. The minimum atomic E-state index is -1.20. The number of anilines is 1. The van der Waals surface area contributed by atoms with E-state index in [1.165, 1.54) is 4.68 Å². The fourth-order valence-electron chi connectivity index (χ4n) is 2.58. The van der Waals surface area contributed by atoms with E-state index in [9.17, 15) is 19.5 Å². The van der Waals surface area contributed by atoms with Gasteiger partial charge in [0.2, 0.25) is 5.91 Å². The lowest BCUT2D eigenvalue weighted by molar-refractivity contribution is -0.306. The van der Waals surface area contributed by atoms with Gasteiger partial charge in [0.15, 0.2) is 0 Å². The molecule has 7 heteroatoms. The number of carboxylic acids is 1. The molecule has 0 aliphatic rings. The molecule has 1 N–H and O–H groups in total. The maximum atomic E-state index is 12.6. The zero-order valence-electron chi connectivity index (χ0n) is 13.9. The van der Waals surface area contributed by atoms with Crippen molar-refractivity contribution in [2.24, 2.45) is 13.0 Å². The SMILES string of the molecule is Cc1c(NC(=O)C[C@H](C)CC(=O)[O-])c(=O)n(-c2ccccc2)n1C. The Hall–Kier alpha value is -2.83. The first kappa shape index (κ1) is 17.5. The normalized spacial score (nSPS) is 12.0. The molecular formula is C17H20N3O4-. The van der Waals surface area contributed by atoms with Crippen molar-refractivity contribution in [2.45, 2.75) is 26.7 Å². The van der Waals surface area contributed by atoms with E-state index < -0.39 is 11.9 Å². The number of amides is 1. The lowest BCUT2D eigenvalue weighted by Gasteiger charge is -2.11. The topological polar surface area (TPSA) is 96.2 Å². The van der Waals surface area contributed by atoms with Gasteiger partial charge in [-0.25, -0.2) is 4.68 Å². The first-order valence-electron chi connectivity index (χ1n) is 7.65. The Bertz CT molecular complexity index is 805. The van der Waals surface area contributed by atoms with Crippen LogP contribution in [-0.4, -0.2) is 21.2 Å². The molecule has 0 saturated heterocycles. The van der Waals surface area contributed by atoms with Crippen molar-refractivity contribution in [3.8, 4) is 5.69 Å². The maximum Gasteiger partial charge on any atom is 0.295 e. The number of hydrogen-bond donors (Lipinski definition) is 1. The number of rotatable bonds is 6.